The summed E-state index contributed by atoms with van der Waals surface area (Å²) in [6.07, 6.45) is -7.91. The van der Waals surface area contributed by atoms with Crippen LogP contribution in [-0.4, -0.2) is 70.5 Å². The molecule has 23 heteroatoms. The maximum absolute atomic E-state index is 14.8. The molecule has 0 unspecified atom stereocenters. The van der Waals surface area contributed by atoms with Gasteiger partial charge in [0.05, 0.1) is 16.5 Å². The number of benzene rings is 2. The molecular weight excluding hydrogens is 725 g/mol. The summed E-state index contributed by atoms with van der Waals surface area (Å²) in [6, 6.07) is 8.57. The average molecular weight is 742 g/mol. The fraction of sp³-hybridized carbons (Fsp3) is 0.522. The van der Waals surface area contributed by atoms with Crippen LogP contribution in [-0.2, 0) is 10.1 Å². The molecule has 0 aliphatic rings. The van der Waals surface area contributed by atoms with E-state index in [0.717, 1.165) is 32.0 Å². The Morgan fingerprint density at radius 3 is 1.39 bits per heavy atom. The molecule has 46 heavy (non-hydrogen) atoms. The Morgan fingerprint density at radius 2 is 1.00 bits per heavy atom. The van der Waals surface area contributed by atoms with E-state index in [1.54, 1.807) is 6.07 Å². The Kier molecular flexibility index (Phi) is 9.82. The van der Waals surface area contributed by atoms with Crippen LogP contribution in [0.1, 0.15) is 19.4 Å². The first-order valence-corrected chi connectivity index (χ1v) is 15.1. The first kappa shape index (κ1) is 39.4. The standard InChI is InChI=1S/C23H16F17NO3S2/c1-3-45(4-2,15-10-9-12(11-41)13-7-5-6-8-14(13)15)44-46(42,43)23(39,40)21(34,35)19(30,31)17(26,27)16(24,25)18(28,29)20(32,33)22(36,37)38/h5-10H,3-4H2,1-2H3/p+1. The Balaban J connectivity index is 2.77. The highest BCUT2D eigenvalue weighted by atomic mass is 32.3. The maximum Gasteiger partial charge on any atom is 0.486 e. The van der Waals surface area contributed by atoms with Crippen LogP contribution < -0.4 is 0 Å². The van der Waals surface area contributed by atoms with Crippen molar-refractivity contribution < 1.29 is 86.7 Å². The van der Waals surface area contributed by atoms with Crippen molar-refractivity contribution in [3.05, 3.63) is 42.0 Å². The van der Waals surface area contributed by atoms with Gasteiger partial charge in [-0.1, -0.05) is 38.1 Å². The van der Waals surface area contributed by atoms with Crippen LogP contribution in [0.25, 0.3) is 10.8 Å². The number of alkyl halides is 17. The van der Waals surface area contributed by atoms with E-state index in [1.165, 1.54) is 18.2 Å². The minimum atomic E-state index is -8.93. The normalized spacial score (nSPS) is 15.6. The largest absolute Gasteiger partial charge is 0.486 e. The van der Waals surface area contributed by atoms with E-state index in [9.17, 15) is 88.3 Å². The van der Waals surface area contributed by atoms with Gasteiger partial charge >= 0.3 is 57.1 Å². The molecular formula is C23H17F17NO3S2+. The molecule has 0 amide bonds. The third-order valence-electron chi connectivity index (χ3n) is 6.63. The highest BCUT2D eigenvalue weighted by Crippen LogP contribution is 2.66. The number of fused-ring (bicyclic) bond motifs is 1. The number of nitrogens with zero attached hydrogens (tertiary/aromatic N) is 1. The van der Waals surface area contributed by atoms with Crippen molar-refractivity contribution in [2.45, 2.75) is 65.7 Å². The number of nitriles is 1. The summed E-state index contributed by atoms with van der Waals surface area (Å²) in [4.78, 5) is -0.382. The van der Waals surface area contributed by atoms with Crippen molar-refractivity contribution in [1.29, 1.82) is 5.26 Å². The molecule has 0 saturated heterocycles. The lowest BCUT2D eigenvalue weighted by atomic mass is 9.91. The molecule has 0 aliphatic heterocycles. The van der Waals surface area contributed by atoms with Gasteiger partial charge in [0.1, 0.15) is 0 Å². The van der Waals surface area contributed by atoms with Gasteiger partial charge in [0, 0.05) is 32.6 Å². The van der Waals surface area contributed by atoms with Crippen LogP contribution in [0, 0.1) is 11.3 Å². The molecule has 0 heterocycles. The molecule has 2 rings (SSSR count). The van der Waals surface area contributed by atoms with Crippen LogP contribution in [0.2, 0.25) is 0 Å². The number of hydrogen-bond acceptors (Lipinski definition) is 3. The predicted octanol–water partition coefficient (Wildman–Crippen LogP) is 9.22. The van der Waals surface area contributed by atoms with Crippen LogP contribution in [0.15, 0.2) is 41.3 Å². The molecule has 0 bridgehead atoms. The Bertz CT molecular complexity index is 1610. The van der Waals surface area contributed by atoms with Gasteiger partial charge in [-0.3, -0.25) is 3.63 Å². The third-order valence-corrected chi connectivity index (χ3v) is 12.5. The minimum Gasteiger partial charge on any atom is -0.264 e. The van der Waals surface area contributed by atoms with Gasteiger partial charge in [-0.05, 0) is 12.1 Å². The highest BCUT2D eigenvalue weighted by molar-refractivity contribution is 8.32. The van der Waals surface area contributed by atoms with E-state index in [4.69, 9.17) is 0 Å². The second-order valence-electron chi connectivity index (χ2n) is 9.20. The summed E-state index contributed by atoms with van der Waals surface area (Å²) in [5.41, 5.74) is -0.115. The number of hydrogen-bond donors (Lipinski definition) is 0. The van der Waals surface area contributed by atoms with Crippen molar-refractivity contribution in [3.8, 4) is 6.07 Å². The lowest BCUT2D eigenvalue weighted by Crippen LogP contribution is -2.75. The predicted molar refractivity (Wildman–Crippen MR) is 128 cm³/mol. The van der Waals surface area contributed by atoms with Crippen LogP contribution in [0.5, 0.6) is 0 Å². The molecule has 0 spiro atoms. The van der Waals surface area contributed by atoms with Gasteiger partial charge < -0.3 is 0 Å². The van der Waals surface area contributed by atoms with E-state index >= 15 is 0 Å². The molecule has 0 radical (unpaired) electrons. The van der Waals surface area contributed by atoms with Gasteiger partial charge in [-0.15, -0.1) is 8.42 Å². The summed E-state index contributed by atoms with van der Waals surface area (Å²) < 4.78 is 261. The van der Waals surface area contributed by atoms with E-state index in [1.807, 2.05) is 0 Å². The summed E-state index contributed by atoms with van der Waals surface area (Å²) >= 11 is 0. The second kappa shape index (κ2) is 11.5. The molecule has 0 saturated carbocycles. The molecule has 2 aromatic carbocycles. The molecule has 1 N–H and O–H groups in total. The zero-order valence-electron chi connectivity index (χ0n) is 22.3. The molecule has 4 nitrogen and oxygen atoms in total. The SMILES string of the molecule is CCS(CC)([OH+]S(=O)(=O)C(F)(F)C(F)(F)C(F)(F)C(F)(F)C(F)(F)C(F)(F)C(F)(F)C(F)(F)F)c1ccc(C#N)c2ccccc12. The zero-order valence-corrected chi connectivity index (χ0v) is 24.0. The number of halogens is 17. The smallest absolute Gasteiger partial charge is 0.264 e. The van der Waals surface area contributed by atoms with Crippen molar-refractivity contribution in [2.24, 2.45) is 0 Å². The molecule has 0 aromatic heterocycles. The second-order valence-corrected chi connectivity index (χ2v) is 14.5. The molecule has 0 atom stereocenters. The van der Waals surface area contributed by atoms with E-state index in [-0.39, 0.29) is 21.2 Å². The van der Waals surface area contributed by atoms with E-state index < -0.39 is 78.9 Å². The van der Waals surface area contributed by atoms with Gasteiger partial charge in [0.25, 0.3) is 0 Å². The van der Waals surface area contributed by atoms with Gasteiger partial charge in [-0.2, -0.15) is 79.9 Å². The van der Waals surface area contributed by atoms with Crippen LogP contribution in [0.3, 0.4) is 0 Å². The van der Waals surface area contributed by atoms with Crippen LogP contribution >= 0.6 is 10.3 Å². The summed E-state index contributed by atoms with van der Waals surface area (Å²) in [5.74, 6) is -53.6. The fourth-order valence-electron chi connectivity index (χ4n) is 3.91. The van der Waals surface area contributed by atoms with Crippen molar-refractivity contribution in [1.82, 2.24) is 0 Å². The number of rotatable bonds is 12. The minimum absolute atomic E-state index is 0.00374. The van der Waals surface area contributed by atoms with E-state index in [2.05, 4.69) is 3.63 Å². The lowest BCUT2D eigenvalue weighted by Gasteiger charge is -2.42. The van der Waals surface area contributed by atoms with Gasteiger partial charge in [-0.25, -0.2) is 0 Å². The van der Waals surface area contributed by atoms with Crippen molar-refractivity contribution in [3.63, 3.8) is 0 Å². The molecule has 0 aliphatic carbocycles. The Morgan fingerprint density at radius 1 is 0.609 bits per heavy atom. The Labute approximate surface area is 248 Å². The first-order valence-electron chi connectivity index (χ1n) is 11.8. The quantitative estimate of drug-likeness (QED) is 0.124. The van der Waals surface area contributed by atoms with Gasteiger partial charge in [0.2, 0.25) is 0 Å². The highest BCUT2D eigenvalue weighted by Gasteiger charge is 2.97. The maximum atomic E-state index is 14.8. The fourth-order valence-corrected chi connectivity index (χ4v) is 9.34. The van der Waals surface area contributed by atoms with E-state index in [0.29, 0.717) is 0 Å². The van der Waals surface area contributed by atoms with Crippen molar-refractivity contribution >= 4 is 31.2 Å². The van der Waals surface area contributed by atoms with Crippen LogP contribution in [0.4, 0.5) is 74.6 Å². The van der Waals surface area contributed by atoms with Crippen molar-refractivity contribution in [2.75, 3.05) is 11.5 Å². The average Bonchev–Trinajstić information content (AvgIpc) is 2.94. The summed E-state index contributed by atoms with van der Waals surface area (Å²) in [6.45, 7) is 2.01. The third kappa shape index (κ3) is 5.21. The lowest BCUT2D eigenvalue weighted by molar-refractivity contribution is -0.458. The summed E-state index contributed by atoms with van der Waals surface area (Å²) in [5, 5.41) is 1.41. The van der Waals surface area contributed by atoms with Gasteiger partial charge in [0.15, 0.2) is 0 Å². The molecule has 262 valence electrons. The zero-order chi connectivity index (χ0) is 36.4. The monoisotopic (exact) mass is 742 g/mol. The Hall–Kier alpha value is -2.74. The first-order chi connectivity index (χ1) is 20.4. The molecule has 2 aromatic rings. The summed E-state index contributed by atoms with van der Waals surface area (Å²) in [7, 11) is -11.6. The topological polar surface area (TPSA) is 70.7 Å². The molecule has 0 fully saturated rings.